The number of benzene rings is 1. The quantitative estimate of drug-likeness (QED) is 0.759. The predicted octanol–water partition coefficient (Wildman–Crippen LogP) is 0.688. The molecule has 1 aromatic carbocycles. The number of hydrogen-bond donors (Lipinski definition) is 2. The molecule has 1 aromatic heterocycles. The molecule has 2 rings (SSSR count). The van der Waals surface area contributed by atoms with Crippen molar-refractivity contribution in [2.45, 2.75) is 13.0 Å². The van der Waals surface area contributed by atoms with Crippen LogP contribution in [0.4, 0.5) is 8.78 Å². The zero-order chi connectivity index (χ0) is 19.4. The fourth-order valence-electron chi connectivity index (χ4n) is 2.31. The zero-order valence-corrected chi connectivity index (χ0v) is 14.0. The summed E-state index contributed by atoms with van der Waals surface area (Å²) in [5, 5.41) is 11.3. The molecule has 26 heavy (non-hydrogen) atoms. The lowest BCUT2D eigenvalue weighted by Crippen LogP contribution is -2.46. The number of carbonyl (C=O) groups excluding carboxylic acids is 2. The third-order valence-electron chi connectivity index (χ3n) is 3.67. The Morgan fingerprint density at radius 2 is 2.00 bits per heavy atom. The Morgan fingerprint density at radius 1 is 1.31 bits per heavy atom. The molecule has 2 aromatic rings. The van der Waals surface area contributed by atoms with E-state index in [1.165, 1.54) is 19.2 Å². The number of nitrogens with one attached hydrogen (secondary N) is 1. The highest BCUT2D eigenvalue weighted by Gasteiger charge is 2.24. The van der Waals surface area contributed by atoms with Crippen LogP contribution in [-0.4, -0.2) is 41.3 Å². The largest absolute Gasteiger partial charge is 0.467 e. The fourth-order valence-corrected chi connectivity index (χ4v) is 2.31. The topological polar surface area (TPSA) is 97.6 Å². The van der Waals surface area contributed by atoms with E-state index in [0.717, 1.165) is 29.9 Å². The van der Waals surface area contributed by atoms with Crippen LogP contribution < -0.4 is 10.9 Å². The van der Waals surface area contributed by atoms with Gasteiger partial charge in [0, 0.05) is 12.3 Å². The van der Waals surface area contributed by atoms with Crippen molar-refractivity contribution in [1.29, 1.82) is 0 Å². The number of pyridine rings is 1. The Morgan fingerprint density at radius 3 is 2.62 bits per heavy atom. The van der Waals surface area contributed by atoms with Crippen molar-refractivity contribution in [1.82, 2.24) is 9.88 Å². The van der Waals surface area contributed by atoms with Gasteiger partial charge >= 0.3 is 5.97 Å². The number of rotatable bonds is 5. The van der Waals surface area contributed by atoms with E-state index < -0.39 is 41.7 Å². The first kappa shape index (κ1) is 19.3. The molecule has 9 heteroatoms. The molecular weight excluding hydrogens is 350 g/mol. The maximum absolute atomic E-state index is 14.0. The number of aliphatic hydroxyl groups excluding tert-OH is 1. The van der Waals surface area contributed by atoms with E-state index >= 15 is 0 Å². The summed E-state index contributed by atoms with van der Waals surface area (Å²) in [5.41, 5.74) is -1.40. The van der Waals surface area contributed by atoms with E-state index in [1.807, 2.05) is 0 Å². The number of carbonyl (C=O) groups is 2. The molecular formula is C17H16F2N2O5. The molecule has 7 nitrogen and oxygen atoms in total. The smallest absolute Gasteiger partial charge is 0.330 e. The summed E-state index contributed by atoms with van der Waals surface area (Å²) in [6.45, 7) is 0.728. The van der Waals surface area contributed by atoms with E-state index in [4.69, 9.17) is 0 Å². The number of aromatic nitrogens is 1. The standard InChI is InChI=1S/C17H16F2N2O5/c1-9-5-6-21(13-7-10(18)3-4-11(13)19)16(24)14(9)15(23)20-12(8-22)17(25)26-2/h3-7,12,22H,8H2,1-2H3,(H,20,23). The van der Waals surface area contributed by atoms with Crippen LogP contribution in [0.3, 0.4) is 0 Å². The number of hydrogen-bond acceptors (Lipinski definition) is 5. The third-order valence-corrected chi connectivity index (χ3v) is 3.67. The number of amides is 1. The van der Waals surface area contributed by atoms with Crippen molar-refractivity contribution in [3.05, 3.63) is 63.6 Å². The summed E-state index contributed by atoms with van der Waals surface area (Å²) in [5.74, 6) is -3.47. The van der Waals surface area contributed by atoms with Crippen molar-refractivity contribution in [3.63, 3.8) is 0 Å². The first-order chi connectivity index (χ1) is 12.3. The molecule has 0 radical (unpaired) electrons. The van der Waals surface area contributed by atoms with E-state index in [9.17, 15) is 28.3 Å². The SMILES string of the molecule is COC(=O)C(CO)NC(=O)c1c(C)ccn(-c2cc(F)ccc2F)c1=O. The molecule has 1 atom stereocenters. The summed E-state index contributed by atoms with van der Waals surface area (Å²) in [6, 6.07) is 2.57. The molecule has 1 unspecified atom stereocenters. The molecule has 0 aliphatic heterocycles. The molecule has 0 fully saturated rings. The van der Waals surface area contributed by atoms with Gasteiger partial charge in [-0.1, -0.05) is 0 Å². The van der Waals surface area contributed by atoms with E-state index in [-0.39, 0.29) is 16.8 Å². The first-order valence-electron chi connectivity index (χ1n) is 7.47. The normalized spacial score (nSPS) is 11.7. The van der Waals surface area contributed by atoms with Gasteiger partial charge in [-0.3, -0.25) is 14.2 Å². The van der Waals surface area contributed by atoms with Gasteiger partial charge in [-0.2, -0.15) is 0 Å². The van der Waals surface area contributed by atoms with Crippen LogP contribution in [0, 0.1) is 18.6 Å². The van der Waals surface area contributed by atoms with Crippen molar-refractivity contribution >= 4 is 11.9 Å². The Kier molecular flexibility index (Phi) is 5.83. The average molecular weight is 366 g/mol. The second-order valence-corrected chi connectivity index (χ2v) is 5.38. The van der Waals surface area contributed by atoms with Gasteiger partial charge in [-0.25, -0.2) is 13.6 Å². The lowest BCUT2D eigenvalue weighted by Gasteiger charge is -2.15. The van der Waals surface area contributed by atoms with Crippen molar-refractivity contribution in [3.8, 4) is 5.69 Å². The molecule has 138 valence electrons. The van der Waals surface area contributed by atoms with Gasteiger partial charge in [-0.15, -0.1) is 0 Å². The minimum Gasteiger partial charge on any atom is -0.467 e. The van der Waals surface area contributed by atoms with Crippen LogP contribution in [-0.2, 0) is 9.53 Å². The van der Waals surface area contributed by atoms with Gasteiger partial charge < -0.3 is 15.2 Å². The van der Waals surface area contributed by atoms with Gasteiger partial charge in [0.2, 0.25) is 0 Å². The number of aliphatic hydroxyl groups is 1. The highest BCUT2D eigenvalue weighted by Crippen LogP contribution is 2.14. The Hall–Kier alpha value is -3.07. The molecule has 0 aliphatic rings. The molecule has 1 amide bonds. The van der Waals surface area contributed by atoms with E-state index in [2.05, 4.69) is 10.1 Å². The monoisotopic (exact) mass is 366 g/mol. The van der Waals surface area contributed by atoms with Gasteiger partial charge in [0.15, 0.2) is 6.04 Å². The molecule has 0 saturated heterocycles. The van der Waals surface area contributed by atoms with Crippen LogP contribution in [0.1, 0.15) is 15.9 Å². The number of aryl methyl sites for hydroxylation is 1. The Labute approximate surface area is 146 Å². The van der Waals surface area contributed by atoms with Crippen LogP contribution in [0.5, 0.6) is 0 Å². The Balaban J connectivity index is 2.50. The van der Waals surface area contributed by atoms with Crippen LogP contribution >= 0.6 is 0 Å². The average Bonchev–Trinajstić information content (AvgIpc) is 2.61. The van der Waals surface area contributed by atoms with Gasteiger partial charge in [0.05, 0.1) is 19.4 Å². The molecule has 0 aliphatic carbocycles. The lowest BCUT2D eigenvalue weighted by molar-refractivity contribution is -0.143. The van der Waals surface area contributed by atoms with Crippen molar-refractivity contribution in [2.75, 3.05) is 13.7 Å². The second-order valence-electron chi connectivity index (χ2n) is 5.38. The summed E-state index contributed by atoms with van der Waals surface area (Å²) < 4.78 is 32.6. The van der Waals surface area contributed by atoms with Gasteiger partial charge in [0.25, 0.3) is 11.5 Å². The minimum atomic E-state index is -1.37. The second kappa shape index (κ2) is 7.87. The number of nitrogens with zero attached hydrogens (tertiary/aromatic N) is 1. The number of methoxy groups -OCH3 is 1. The van der Waals surface area contributed by atoms with Crippen molar-refractivity contribution in [2.24, 2.45) is 0 Å². The van der Waals surface area contributed by atoms with Gasteiger partial charge in [0.1, 0.15) is 17.2 Å². The zero-order valence-electron chi connectivity index (χ0n) is 14.0. The summed E-state index contributed by atoms with van der Waals surface area (Å²) in [7, 11) is 1.07. The number of ether oxygens (including phenoxy) is 1. The number of halogens is 2. The summed E-state index contributed by atoms with van der Waals surface area (Å²) in [6.07, 6.45) is 1.20. The lowest BCUT2D eigenvalue weighted by atomic mass is 10.1. The summed E-state index contributed by atoms with van der Waals surface area (Å²) >= 11 is 0. The maximum Gasteiger partial charge on any atom is 0.330 e. The third kappa shape index (κ3) is 3.77. The maximum atomic E-state index is 14.0. The first-order valence-corrected chi connectivity index (χ1v) is 7.47. The highest BCUT2D eigenvalue weighted by atomic mass is 19.1. The van der Waals surface area contributed by atoms with E-state index in [1.54, 1.807) is 0 Å². The summed E-state index contributed by atoms with van der Waals surface area (Å²) in [4.78, 5) is 36.5. The molecule has 0 saturated carbocycles. The molecule has 2 N–H and O–H groups in total. The van der Waals surface area contributed by atoms with Crippen LogP contribution in [0.25, 0.3) is 5.69 Å². The number of esters is 1. The molecule has 0 bridgehead atoms. The molecule has 0 spiro atoms. The minimum absolute atomic E-state index is 0.252. The van der Waals surface area contributed by atoms with Crippen LogP contribution in [0.15, 0.2) is 35.3 Å². The van der Waals surface area contributed by atoms with Crippen molar-refractivity contribution < 1.29 is 28.2 Å². The Bertz CT molecular complexity index is 911. The predicted molar refractivity (Wildman–Crippen MR) is 87.0 cm³/mol. The molecule has 1 heterocycles. The van der Waals surface area contributed by atoms with Crippen LogP contribution in [0.2, 0.25) is 0 Å². The highest BCUT2D eigenvalue weighted by molar-refractivity contribution is 5.97. The van der Waals surface area contributed by atoms with Gasteiger partial charge in [-0.05, 0) is 30.7 Å². The fraction of sp³-hybridized carbons (Fsp3) is 0.235. The van der Waals surface area contributed by atoms with E-state index in [0.29, 0.717) is 0 Å².